The summed E-state index contributed by atoms with van der Waals surface area (Å²) in [4.78, 5) is 22.6. The molecule has 2 aliphatic carbocycles. The van der Waals surface area contributed by atoms with Crippen molar-refractivity contribution >= 4 is 11.6 Å². The minimum absolute atomic E-state index is 0.0467. The quantitative estimate of drug-likeness (QED) is 0.585. The Kier molecular flexibility index (Phi) is 2.27. The number of hydrogen-bond donors (Lipinski definition) is 0. The molecular weight excluding hydrogens is 176 g/mol. The molecule has 0 radical (unpaired) electrons. The summed E-state index contributed by atoms with van der Waals surface area (Å²) in [7, 11) is 0. The Labute approximate surface area is 82.3 Å². The molecule has 2 aliphatic rings. The molecule has 0 saturated carbocycles. The first-order valence-corrected chi connectivity index (χ1v) is 4.58. The van der Waals surface area contributed by atoms with Crippen LogP contribution in [-0.4, -0.2) is 11.6 Å². The van der Waals surface area contributed by atoms with Gasteiger partial charge >= 0.3 is 0 Å². The molecule has 1 atom stereocenters. The lowest BCUT2D eigenvalue weighted by Crippen LogP contribution is -2.15. The minimum Gasteiger partial charge on any atom is -0.290 e. The van der Waals surface area contributed by atoms with Crippen LogP contribution in [0.1, 0.15) is 6.42 Å². The minimum atomic E-state index is -0.0949. The maximum absolute atomic E-state index is 11.5. The zero-order valence-corrected chi connectivity index (χ0v) is 7.64. The molecule has 2 heteroatoms. The third-order valence-corrected chi connectivity index (χ3v) is 2.36. The topological polar surface area (TPSA) is 34.1 Å². The van der Waals surface area contributed by atoms with E-state index in [9.17, 15) is 9.59 Å². The highest BCUT2D eigenvalue weighted by Crippen LogP contribution is 2.23. The van der Waals surface area contributed by atoms with E-state index in [1.165, 1.54) is 18.2 Å². The molecule has 0 bridgehead atoms. The van der Waals surface area contributed by atoms with Gasteiger partial charge in [-0.15, -0.1) is 0 Å². The Morgan fingerprint density at radius 2 is 2.00 bits per heavy atom. The van der Waals surface area contributed by atoms with Crippen LogP contribution < -0.4 is 0 Å². The maximum Gasteiger partial charge on any atom is 0.182 e. The molecule has 0 N–H and O–H groups in total. The Balaban J connectivity index is 2.25. The second kappa shape index (κ2) is 3.58. The van der Waals surface area contributed by atoms with Crippen LogP contribution in [0.25, 0.3) is 0 Å². The molecule has 0 aromatic rings. The SMILES string of the molecule is O=C1C=CC(=O)C(C2C=CC=CC2)=C1. The Bertz CT molecular complexity index is 395. The van der Waals surface area contributed by atoms with Crippen LogP contribution in [0, 0.1) is 5.92 Å². The van der Waals surface area contributed by atoms with Crippen molar-refractivity contribution < 1.29 is 9.59 Å². The lowest BCUT2D eigenvalue weighted by atomic mass is 9.87. The first-order chi connectivity index (χ1) is 6.77. The van der Waals surface area contributed by atoms with Gasteiger partial charge in [-0.25, -0.2) is 0 Å². The summed E-state index contributed by atoms with van der Waals surface area (Å²) in [5.41, 5.74) is 0.609. The molecule has 0 heterocycles. The fraction of sp³-hybridized carbons (Fsp3) is 0.167. The van der Waals surface area contributed by atoms with E-state index in [1.54, 1.807) is 0 Å². The van der Waals surface area contributed by atoms with Crippen LogP contribution >= 0.6 is 0 Å². The average molecular weight is 186 g/mol. The van der Waals surface area contributed by atoms with E-state index in [1.807, 2.05) is 24.3 Å². The number of allylic oxidation sites excluding steroid dienone is 8. The molecule has 0 saturated heterocycles. The number of hydrogen-bond acceptors (Lipinski definition) is 2. The van der Waals surface area contributed by atoms with Crippen LogP contribution in [-0.2, 0) is 9.59 Å². The zero-order chi connectivity index (χ0) is 9.97. The fourth-order valence-corrected chi connectivity index (χ4v) is 1.63. The summed E-state index contributed by atoms with van der Waals surface area (Å²) in [5, 5.41) is 0. The standard InChI is InChI=1S/C12H10O2/c13-10-6-7-12(14)11(8-10)9-4-2-1-3-5-9/h1-4,6-9H,5H2. The van der Waals surface area contributed by atoms with Gasteiger partial charge < -0.3 is 0 Å². The monoisotopic (exact) mass is 186 g/mol. The molecule has 14 heavy (non-hydrogen) atoms. The Morgan fingerprint density at radius 3 is 2.71 bits per heavy atom. The molecule has 2 nitrogen and oxygen atoms in total. The summed E-state index contributed by atoms with van der Waals surface area (Å²) in [5.74, 6) is -0.0708. The zero-order valence-electron chi connectivity index (χ0n) is 7.64. The van der Waals surface area contributed by atoms with Crippen molar-refractivity contribution in [3.63, 3.8) is 0 Å². The molecule has 1 unspecified atom stereocenters. The van der Waals surface area contributed by atoms with Gasteiger partial charge in [-0.2, -0.15) is 0 Å². The van der Waals surface area contributed by atoms with Gasteiger partial charge in [0.05, 0.1) is 0 Å². The highest BCUT2D eigenvalue weighted by Gasteiger charge is 2.20. The first-order valence-electron chi connectivity index (χ1n) is 4.58. The third-order valence-electron chi connectivity index (χ3n) is 2.36. The average Bonchev–Trinajstić information content (AvgIpc) is 2.23. The van der Waals surface area contributed by atoms with Crippen molar-refractivity contribution in [2.24, 2.45) is 5.92 Å². The third kappa shape index (κ3) is 1.64. The first kappa shape index (κ1) is 8.88. The Morgan fingerprint density at radius 1 is 1.14 bits per heavy atom. The number of rotatable bonds is 1. The van der Waals surface area contributed by atoms with Gasteiger partial charge in [0, 0.05) is 11.5 Å². The van der Waals surface area contributed by atoms with Crippen LogP contribution in [0.5, 0.6) is 0 Å². The van der Waals surface area contributed by atoms with Gasteiger partial charge in [-0.3, -0.25) is 9.59 Å². The molecule has 0 aromatic heterocycles. The van der Waals surface area contributed by atoms with E-state index in [2.05, 4.69) is 0 Å². The fourth-order valence-electron chi connectivity index (χ4n) is 1.63. The molecule has 0 fully saturated rings. The van der Waals surface area contributed by atoms with Crippen molar-refractivity contribution in [2.45, 2.75) is 6.42 Å². The Hall–Kier alpha value is -1.70. The van der Waals surface area contributed by atoms with Gasteiger partial charge in [0.2, 0.25) is 0 Å². The highest BCUT2D eigenvalue weighted by molar-refractivity contribution is 6.17. The molecule has 0 aliphatic heterocycles. The molecule has 2 rings (SSSR count). The second-order valence-corrected chi connectivity index (χ2v) is 3.35. The summed E-state index contributed by atoms with van der Waals surface area (Å²) in [6, 6.07) is 0. The van der Waals surface area contributed by atoms with Crippen molar-refractivity contribution in [2.75, 3.05) is 0 Å². The van der Waals surface area contributed by atoms with Crippen molar-refractivity contribution in [3.05, 3.63) is 48.1 Å². The van der Waals surface area contributed by atoms with Gasteiger partial charge in [-0.05, 0) is 24.6 Å². The number of carbonyl (C=O) groups is 2. The summed E-state index contributed by atoms with van der Waals surface area (Å²) in [6.45, 7) is 0. The smallest absolute Gasteiger partial charge is 0.182 e. The molecule has 70 valence electrons. The van der Waals surface area contributed by atoms with Crippen LogP contribution in [0.2, 0.25) is 0 Å². The van der Waals surface area contributed by atoms with Crippen LogP contribution in [0.3, 0.4) is 0 Å². The number of carbonyl (C=O) groups excluding carboxylic acids is 2. The second-order valence-electron chi connectivity index (χ2n) is 3.35. The van der Waals surface area contributed by atoms with Gasteiger partial charge in [0.1, 0.15) is 0 Å². The number of ketones is 2. The lowest BCUT2D eigenvalue weighted by molar-refractivity contribution is -0.114. The van der Waals surface area contributed by atoms with Gasteiger partial charge in [0.15, 0.2) is 11.6 Å². The summed E-state index contributed by atoms with van der Waals surface area (Å²) < 4.78 is 0. The molecule has 0 aromatic carbocycles. The van der Waals surface area contributed by atoms with E-state index in [0.717, 1.165) is 6.42 Å². The maximum atomic E-state index is 11.5. The van der Waals surface area contributed by atoms with E-state index < -0.39 is 0 Å². The van der Waals surface area contributed by atoms with Gasteiger partial charge in [-0.1, -0.05) is 24.3 Å². The van der Waals surface area contributed by atoms with E-state index in [4.69, 9.17) is 0 Å². The lowest BCUT2D eigenvalue weighted by Gasteiger charge is -2.16. The largest absolute Gasteiger partial charge is 0.290 e. The molecule has 0 spiro atoms. The molecule has 0 amide bonds. The van der Waals surface area contributed by atoms with Gasteiger partial charge in [0.25, 0.3) is 0 Å². The van der Waals surface area contributed by atoms with E-state index in [0.29, 0.717) is 5.57 Å². The normalized spacial score (nSPS) is 25.4. The van der Waals surface area contributed by atoms with E-state index >= 15 is 0 Å². The van der Waals surface area contributed by atoms with Crippen LogP contribution in [0.15, 0.2) is 48.1 Å². The summed E-state index contributed by atoms with van der Waals surface area (Å²) >= 11 is 0. The van der Waals surface area contributed by atoms with Crippen molar-refractivity contribution in [1.82, 2.24) is 0 Å². The highest BCUT2D eigenvalue weighted by atomic mass is 16.1. The predicted molar refractivity (Wildman–Crippen MR) is 53.6 cm³/mol. The van der Waals surface area contributed by atoms with Crippen molar-refractivity contribution in [1.29, 1.82) is 0 Å². The van der Waals surface area contributed by atoms with Crippen LogP contribution in [0.4, 0.5) is 0 Å². The summed E-state index contributed by atoms with van der Waals surface area (Å²) in [6.07, 6.45) is 12.7. The molecular formula is C12H10O2. The van der Waals surface area contributed by atoms with E-state index in [-0.39, 0.29) is 17.5 Å². The predicted octanol–water partition coefficient (Wildman–Crippen LogP) is 1.75. The van der Waals surface area contributed by atoms with Crippen molar-refractivity contribution in [3.8, 4) is 0 Å².